The Bertz CT molecular complexity index is 608. The molecule has 0 aromatic rings. The molecule has 0 radical (unpaired) electrons. The highest BCUT2D eigenvalue weighted by Gasteiger charge is 2.51. The van der Waals surface area contributed by atoms with E-state index in [0.717, 1.165) is 32.1 Å². The van der Waals surface area contributed by atoms with Crippen molar-refractivity contribution in [3.8, 4) is 0 Å². The van der Waals surface area contributed by atoms with Crippen LogP contribution in [0, 0.1) is 0 Å². The first-order valence-corrected chi connectivity index (χ1v) is 14.5. The predicted molar refractivity (Wildman–Crippen MR) is 138 cm³/mol. The maximum absolute atomic E-state index is 10.8. The monoisotopic (exact) mass is 552 g/mol. The standard InChI is InChI=1S/C27H52O11/c1-3-5-6-7-8-9-10-11-12-14-17(13-4-2)35-26-24(34)22(32)25(19(16-29)37-26)38-27-23(33)21(31)20(30)18(15-28)36-27/h17-34H,3-16H2,1-2H3/t17?,18-,19-,20-,21+,22-,23-,24-,25-,26-,27-/m1/s1. The number of hydrogen-bond acceptors (Lipinski definition) is 11. The molecule has 2 fully saturated rings. The van der Waals surface area contributed by atoms with Crippen molar-refractivity contribution in [2.75, 3.05) is 13.2 Å². The first-order chi connectivity index (χ1) is 18.3. The van der Waals surface area contributed by atoms with Crippen molar-refractivity contribution in [1.29, 1.82) is 0 Å². The van der Waals surface area contributed by atoms with Gasteiger partial charge in [-0.05, 0) is 12.8 Å². The Kier molecular flexibility index (Phi) is 16.1. The van der Waals surface area contributed by atoms with Crippen molar-refractivity contribution in [3.63, 3.8) is 0 Å². The van der Waals surface area contributed by atoms with E-state index in [9.17, 15) is 35.7 Å². The molecule has 0 bridgehead atoms. The third kappa shape index (κ3) is 9.88. The van der Waals surface area contributed by atoms with Gasteiger partial charge in [-0.2, -0.15) is 0 Å². The lowest BCUT2D eigenvalue weighted by atomic mass is 9.97. The van der Waals surface area contributed by atoms with Gasteiger partial charge in [-0.1, -0.05) is 78.1 Å². The smallest absolute Gasteiger partial charge is 0.187 e. The van der Waals surface area contributed by atoms with Crippen LogP contribution in [0.4, 0.5) is 0 Å². The van der Waals surface area contributed by atoms with E-state index in [-0.39, 0.29) is 6.10 Å². The molecule has 2 saturated heterocycles. The lowest BCUT2D eigenvalue weighted by Gasteiger charge is -2.46. The van der Waals surface area contributed by atoms with E-state index >= 15 is 0 Å². The number of unbranched alkanes of at least 4 members (excludes halogenated alkanes) is 8. The minimum Gasteiger partial charge on any atom is -0.394 e. The summed E-state index contributed by atoms with van der Waals surface area (Å²) in [6, 6.07) is 0. The quantitative estimate of drug-likeness (QED) is 0.119. The zero-order chi connectivity index (χ0) is 28.1. The van der Waals surface area contributed by atoms with Crippen LogP contribution in [0.3, 0.4) is 0 Å². The summed E-state index contributed by atoms with van der Waals surface area (Å²) >= 11 is 0. The average Bonchev–Trinajstić information content (AvgIpc) is 2.91. The maximum atomic E-state index is 10.8. The third-order valence-corrected chi connectivity index (χ3v) is 7.53. The summed E-state index contributed by atoms with van der Waals surface area (Å²) in [4.78, 5) is 0. The fourth-order valence-corrected chi connectivity index (χ4v) is 5.14. The molecule has 2 rings (SSSR count). The summed E-state index contributed by atoms with van der Waals surface area (Å²) in [6.45, 7) is 3.03. The fourth-order valence-electron chi connectivity index (χ4n) is 5.14. The van der Waals surface area contributed by atoms with Crippen molar-refractivity contribution in [3.05, 3.63) is 0 Å². The van der Waals surface area contributed by atoms with Crippen LogP contribution in [0.15, 0.2) is 0 Å². The van der Waals surface area contributed by atoms with Gasteiger partial charge >= 0.3 is 0 Å². The molecule has 2 aliphatic heterocycles. The zero-order valence-electron chi connectivity index (χ0n) is 23.0. The lowest BCUT2D eigenvalue weighted by molar-refractivity contribution is -0.363. The molecule has 38 heavy (non-hydrogen) atoms. The largest absolute Gasteiger partial charge is 0.394 e. The molecule has 1 unspecified atom stereocenters. The molecule has 11 atom stereocenters. The molecule has 226 valence electrons. The Morgan fingerprint density at radius 3 is 1.71 bits per heavy atom. The SMILES string of the molecule is CCCCCCCCCCCC(CCC)O[C@@H]1O[C@H](CO)[C@@H](O[C@H]2O[C@H](CO)[C@@H](O)[C@H](O)[C@H]2O)[C@H](O)[C@H]1O. The molecule has 7 N–H and O–H groups in total. The summed E-state index contributed by atoms with van der Waals surface area (Å²) in [5.41, 5.74) is 0. The Balaban J connectivity index is 1.88. The highest BCUT2D eigenvalue weighted by Crippen LogP contribution is 2.30. The van der Waals surface area contributed by atoms with Crippen LogP contribution >= 0.6 is 0 Å². The summed E-state index contributed by atoms with van der Waals surface area (Å²) in [5, 5.41) is 71.1. The van der Waals surface area contributed by atoms with Crippen LogP contribution in [0.25, 0.3) is 0 Å². The summed E-state index contributed by atoms with van der Waals surface area (Å²) in [6.07, 6.45) is -1.25. The third-order valence-electron chi connectivity index (χ3n) is 7.53. The molecule has 0 saturated carbocycles. The number of aliphatic hydroxyl groups is 7. The van der Waals surface area contributed by atoms with Crippen molar-refractivity contribution >= 4 is 0 Å². The van der Waals surface area contributed by atoms with Crippen LogP contribution in [0.2, 0.25) is 0 Å². The van der Waals surface area contributed by atoms with Crippen molar-refractivity contribution < 1.29 is 54.7 Å². The number of rotatable bonds is 18. The van der Waals surface area contributed by atoms with E-state index in [1.54, 1.807) is 0 Å². The zero-order valence-corrected chi connectivity index (χ0v) is 23.0. The maximum Gasteiger partial charge on any atom is 0.187 e. The van der Waals surface area contributed by atoms with Gasteiger partial charge in [0, 0.05) is 0 Å². The summed E-state index contributed by atoms with van der Waals surface area (Å²) < 4.78 is 22.8. The van der Waals surface area contributed by atoms with E-state index in [0.29, 0.717) is 0 Å². The van der Waals surface area contributed by atoms with Gasteiger partial charge in [0.2, 0.25) is 0 Å². The van der Waals surface area contributed by atoms with Crippen LogP contribution in [0.5, 0.6) is 0 Å². The van der Waals surface area contributed by atoms with E-state index in [4.69, 9.17) is 18.9 Å². The van der Waals surface area contributed by atoms with E-state index < -0.39 is 74.6 Å². The van der Waals surface area contributed by atoms with E-state index in [2.05, 4.69) is 6.92 Å². The fraction of sp³-hybridized carbons (Fsp3) is 1.00. The minimum atomic E-state index is -1.70. The molecule has 2 aliphatic rings. The first-order valence-electron chi connectivity index (χ1n) is 14.5. The molecule has 0 aromatic heterocycles. The molecule has 11 nitrogen and oxygen atoms in total. The lowest BCUT2D eigenvalue weighted by Crippen LogP contribution is -2.64. The van der Waals surface area contributed by atoms with E-state index in [1.165, 1.54) is 44.9 Å². The second-order valence-electron chi connectivity index (χ2n) is 10.7. The second-order valence-corrected chi connectivity index (χ2v) is 10.7. The Morgan fingerprint density at radius 2 is 1.13 bits per heavy atom. The molecule has 11 heteroatoms. The highest BCUT2D eigenvalue weighted by molar-refractivity contribution is 4.94. The van der Waals surface area contributed by atoms with Crippen molar-refractivity contribution in [2.45, 2.75) is 158 Å². The number of hydrogen-bond donors (Lipinski definition) is 7. The molecular weight excluding hydrogens is 500 g/mol. The normalized spacial score (nSPS) is 36.9. The molecule has 2 heterocycles. The van der Waals surface area contributed by atoms with Gasteiger partial charge < -0.3 is 54.7 Å². The van der Waals surface area contributed by atoms with Crippen LogP contribution in [0.1, 0.15) is 90.9 Å². The van der Waals surface area contributed by atoms with Gasteiger partial charge in [-0.3, -0.25) is 0 Å². The summed E-state index contributed by atoms with van der Waals surface area (Å²) in [7, 11) is 0. The average molecular weight is 553 g/mol. The Labute approximate surface area is 226 Å². The van der Waals surface area contributed by atoms with Gasteiger partial charge in [0.1, 0.15) is 48.8 Å². The highest BCUT2D eigenvalue weighted by atomic mass is 16.7. The Hall–Kier alpha value is -0.440. The number of aliphatic hydroxyl groups excluding tert-OH is 7. The summed E-state index contributed by atoms with van der Waals surface area (Å²) in [5.74, 6) is 0. The van der Waals surface area contributed by atoms with Gasteiger partial charge in [0.05, 0.1) is 19.3 Å². The second kappa shape index (κ2) is 18.1. The molecule has 0 spiro atoms. The number of ether oxygens (including phenoxy) is 4. The Morgan fingerprint density at radius 1 is 0.579 bits per heavy atom. The van der Waals surface area contributed by atoms with Crippen molar-refractivity contribution in [1.82, 2.24) is 0 Å². The molecule has 0 aliphatic carbocycles. The first kappa shape index (κ1) is 33.8. The molecule has 0 amide bonds. The van der Waals surface area contributed by atoms with Gasteiger partial charge in [-0.15, -0.1) is 0 Å². The van der Waals surface area contributed by atoms with Crippen LogP contribution in [-0.2, 0) is 18.9 Å². The molecule has 0 aromatic carbocycles. The topological polar surface area (TPSA) is 179 Å². The van der Waals surface area contributed by atoms with Gasteiger partial charge in [0.15, 0.2) is 12.6 Å². The molecular formula is C27H52O11. The minimum absolute atomic E-state index is 0.182. The van der Waals surface area contributed by atoms with Crippen LogP contribution < -0.4 is 0 Å². The van der Waals surface area contributed by atoms with Crippen LogP contribution in [-0.4, -0.2) is 116 Å². The van der Waals surface area contributed by atoms with Gasteiger partial charge in [0.25, 0.3) is 0 Å². The van der Waals surface area contributed by atoms with E-state index in [1.807, 2.05) is 6.92 Å². The van der Waals surface area contributed by atoms with Gasteiger partial charge in [-0.25, -0.2) is 0 Å². The van der Waals surface area contributed by atoms with Crippen molar-refractivity contribution in [2.24, 2.45) is 0 Å². The predicted octanol–water partition coefficient (Wildman–Crippen LogP) is 0.717.